The van der Waals surface area contributed by atoms with E-state index in [1.165, 1.54) is 3.58 Å². The predicted molar refractivity (Wildman–Crippen MR) is 45.0 cm³/mol. The molecule has 0 aromatic heterocycles. The lowest BCUT2D eigenvalue weighted by molar-refractivity contribution is 1.34. The molecule has 0 saturated heterocycles. The summed E-state index contributed by atoms with van der Waals surface area (Å²) in [7, 11) is 0. The van der Waals surface area contributed by atoms with Crippen molar-refractivity contribution in [3.05, 3.63) is 34.0 Å². The van der Waals surface area contributed by atoms with Crippen molar-refractivity contribution in [1.29, 1.82) is 0 Å². The summed E-state index contributed by atoms with van der Waals surface area (Å²) in [6.45, 7) is 3.83. The lowest BCUT2D eigenvalue weighted by atomic mass is 10.1. The van der Waals surface area contributed by atoms with Gasteiger partial charge in [-0.25, -0.2) is 0 Å². The maximum atomic E-state index is 3.83. The first-order chi connectivity index (χ1) is 3.80. The van der Waals surface area contributed by atoms with Crippen molar-refractivity contribution >= 4 is 22.6 Å². The maximum absolute atomic E-state index is 3.83. The Kier molecular flexibility index (Phi) is 1.89. The Morgan fingerprint density at radius 2 is 2.38 bits per heavy atom. The Morgan fingerprint density at radius 3 is 2.75 bits per heavy atom. The van der Waals surface area contributed by atoms with Crippen molar-refractivity contribution in [2.45, 2.75) is 6.42 Å². The Hall–Kier alpha value is -0.0500. The van der Waals surface area contributed by atoms with Gasteiger partial charge in [0.05, 0.1) is 0 Å². The summed E-state index contributed by atoms with van der Waals surface area (Å²) in [5.41, 5.74) is 1.14. The Bertz CT molecular complexity index is 163. The first-order valence-electron chi connectivity index (χ1n) is 2.52. The fourth-order valence-electron chi connectivity index (χ4n) is 0.593. The zero-order chi connectivity index (χ0) is 5.98. The lowest BCUT2D eigenvalue weighted by Crippen LogP contribution is -1.79. The molecule has 1 heteroatoms. The highest BCUT2D eigenvalue weighted by Gasteiger charge is 1.95. The molecule has 0 aromatic carbocycles. The number of rotatable bonds is 0. The van der Waals surface area contributed by atoms with Crippen LogP contribution < -0.4 is 0 Å². The van der Waals surface area contributed by atoms with E-state index in [2.05, 4.69) is 47.4 Å². The van der Waals surface area contributed by atoms with Crippen molar-refractivity contribution in [2.75, 3.05) is 0 Å². The number of halogens is 1. The van der Waals surface area contributed by atoms with E-state index in [9.17, 15) is 0 Å². The average molecular weight is 218 g/mol. The van der Waals surface area contributed by atoms with Crippen LogP contribution in [0.2, 0.25) is 0 Å². The fourth-order valence-corrected chi connectivity index (χ4v) is 1.03. The second-order valence-corrected chi connectivity index (χ2v) is 2.88. The first kappa shape index (κ1) is 6.08. The minimum absolute atomic E-state index is 1.07. The second kappa shape index (κ2) is 2.49. The maximum Gasteiger partial charge on any atom is 0.0159 e. The monoisotopic (exact) mass is 218 g/mol. The molecule has 0 spiro atoms. The van der Waals surface area contributed by atoms with Crippen molar-refractivity contribution in [3.8, 4) is 0 Å². The van der Waals surface area contributed by atoms with Crippen molar-refractivity contribution in [2.24, 2.45) is 0 Å². The summed E-state index contributed by atoms with van der Waals surface area (Å²) < 4.78 is 1.28. The normalized spacial score (nSPS) is 18.6. The molecule has 0 unspecified atom stereocenters. The van der Waals surface area contributed by atoms with E-state index >= 15 is 0 Å². The predicted octanol–water partition coefficient (Wildman–Crippen LogP) is 2.82. The molecule has 0 atom stereocenters. The Morgan fingerprint density at radius 1 is 1.62 bits per heavy atom. The van der Waals surface area contributed by atoms with E-state index in [0.717, 1.165) is 12.0 Å². The smallest absolute Gasteiger partial charge is 0.0159 e. The van der Waals surface area contributed by atoms with Crippen LogP contribution in [0.4, 0.5) is 0 Å². The van der Waals surface area contributed by atoms with Gasteiger partial charge in [0.15, 0.2) is 0 Å². The van der Waals surface area contributed by atoms with Crippen LogP contribution >= 0.6 is 22.6 Å². The van der Waals surface area contributed by atoms with Crippen LogP contribution in [0.25, 0.3) is 0 Å². The summed E-state index contributed by atoms with van der Waals surface area (Å²) >= 11 is 2.29. The quantitative estimate of drug-likeness (QED) is 0.548. The van der Waals surface area contributed by atoms with E-state index in [1.54, 1.807) is 0 Å². The van der Waals surface area contributed by atoms with Gasteiger partial charge >= 0.3 is 0 Å². The zero-order valence-corrected chi connectivity index (χ0v) is 6.68. The van der Waals surface area contributed by atoms with Gasteiger partial charge in [-0.1, -0.05) is 24.8 Å². The minimum atomic E-state index is 1.07. The topological polar surface area (TPSA) is 0 Å². The highest BCUT2D eigenvalue weighted by Crippen LogP contribution is 2.21. The van der Waals surface area contributed by atoms with Crippen molar-refractivity contribution < 1.29 is 0 Å². The zero-order valence-electron chi connectivity index (χ0n) is 4.52. The van der Waals surface area contributed by atoms with E-state index in [4.69, 9.17) is 0 Å². The van der Waals surface area contributed by atoms with E-state index in [0.29, 0.717) is 0 Å². The molecular weight excluding hydrogens is 211 g/mol. The van der Waals surface area contributed by atoms with Gasteiger partial charge in [0.25, 0.3) is 0 Å². The Balaban J connectivity index is 2.78. The van der Waals surface area contributed by atoms with E-state index in [1.807, 2.05) is 0 Å². The molecule has 1 rings (SSSR count). The molecule has 0 heterocycles. The van der Waals surface area contributed by atoms with E-state index in [-0.39, 0.29) is 0 Å². The van der Waals surface area contributed by atoms with Gasteiger partial charge in [-0.2, -0.15) is 0 Å². The molecule has 0 radical (unpaired) electrons. The van der Waals surface area contributed by atoms with Gasteiger partial charge in [0.1, 0.15) is 0 Å². The second-order valence-electron chi connectivity index (χ2n) is 1.72. The molecule has 0 aromatic rings. The molecule has 0 nitrogen and oxygen atoms in total. The molecule has 1 aliphatic rings. The largest absolute Gasteiger partial charge is 0.0907 e. The van der Waals surface area contributed by atoms with Gasteiger partial charge in [0.2, 0.25) is 0 Å². The first-order valence-corrected chi connectivity index (χ1v) is 3.60. The van der Waals surface area contributed by atoms with Gasteiger partial charge in [-0.3, -0.25) is 0 Å². The van der Waals surface area contributed by atoms with Crippen LogP contribution in [0.5, 0.6) is 0 Å². The average Bonchev–Trinajstić information content (AvgIpc) is 1.77. The summed E-state index contributed by atoms with van der Waals surface area (Å²) in [4.78, 5) is 0. The number of allylic oxidation sites excluding steroid dienone is 5. The third kappa shape index (κ3) is 1.22. The van der Waals surface area contributed by atoms with Crippen LogP contribution in [0.3, 0.4) is 0 Å². The minimum Gasteiger partial charge on any atom is -0.0907 e. The van der Waals surface area contributed by atoms with Crippen LogP contribution in [0.15, 0.2) is 34.0 Å². The molecule has 1 aliphatic carbocycles. The van der Waals surface area contributed by atoms with Gasteiger partial charge in [-0.05, 0) is 34.6 Å². The molecule has 0 fully saturated rings. The number of hydrogen-bond donors (Lipinski definition) is 0. The van der Waals surface area contributed by atoms with Crippen LogP contribution in [0, 0.1) is 0 Å². The van der Waals surface area contributed by atoms with Crippen LogP contribution in [0.1, 0.15) is 6.42 Å². The molecule has 0 aliphatic heterocycles. The molecular formula is C7H7I. The third-order valence-corrected chi connectivity index (χ3v) is 2.19. The lowest BCUT2D eigenvalue weighted by Gasteiger charge is -2.00. The summed E-state index contributed by atoms with van der Waals surface area (Å²) in [6, 6.07) is 0. The molecule has 0 N–H and O–H groups in total. The van der Waals surface area contributed by atoms with Crippen molar-refractivity contribution in [1.82, 2.24) is 0 Å². The van der Waals surface area contributed by atoms with Crippen molar-refractivity contribution in [3.63, 3.8) is 0 Å². The van der Waals surface area contributed by atoms with Crippen LogP contribution in [-0.2, 0) is 0 Å². The Labute approximate surface area is 63.1 Å². The molecule has 0 saturated carbocycles. The van der Waals surface area contributed by atoms with Gasteiger partial charge < -0.3 is 0 Å². The molecule has 42 valence electrons. The summed E-state index contributed by atoms with van der Waals surface area (Å²) in [5, 5.41) is 0. The van der Waals surface area contributed by atoms with Crippen LogP contribution in [-0.4, -0.2) is 0 Å². The number of hydrogen-bond acceptors (Lipinski definition) is 0. The highest BCUT2D eigenvalue weighted by atomic mass is 127. The highest BCUT2D eigenvalue weighted by molar-refractivity contribution is 14.1. The summed E-state index contributed by atoms with van der Waals surface area (Å²) in [6.07, 6.45) is 7.41. The fraction of sp³-hybridized carbons (Fsp3) is 0.143. The third-order valence-electron chi connectivity index (χ3n) is 1.06. The molecule has 8 heavy (non-hydrogen) atoms. The molecule has 0 bridgehead atoms. The van der Waals surface area contributed by atoms with E-state index < -0.39 is 0 Å². The molecule has 0 amide bonds. The SMILES string of the molecule is C=C1C=CCC=C1I. The standard InChI is InChI=1S/C7H7I/c1-6-4-2-3-5-7(6)8/h2,4-5H,1,3H2. The summed E-state index contributed by atoms with van der Waals surface area (Å²) in [5.74, 6) is 0. The van der Waals surface area contributed by atoms with Gasteiger partial charge in [0, 0.05) is 3.58 Å². The van der Waals surface area contributed by atoms with Gasteiger partial charge in [-0.15, -0.1) is 0 Å².